The molecule has 0 aliphatic heterocycles. The van der Waals surface area contributed by atoms with Gasteiger partial charge in [-0.25, -0.2) is 0 Å². The van der Waals surface area contributed by atoms with Crippen LogP contribution in [0, 0.1) is 0 Å². The zero-order valence-electron chi connectivity index (χ0n) is 12.3. The molecule has 0 aromatic heterocycles. The Morgan fingerprint density at radius 3 is 2.58 bits per heavy atom. The van der Waals surface area contributed by atoms with Crippen LogP contribution in [-0.2, 0) is 0 Å². The highest BCUT2D eigenvalue weighted by atomic mass is 32.2. The van der Waals surface area contributed by atoms with Crippen molar-refractivity contribution in [2.45, 2.75) is 18.7 Å². The minimum absolute atomic E-state index is 0.968. The van der Waals surface area contributed by atoms with Gasteiger partial charge in [0, 0.05) is 30.3 Å². The molecule has 0 fully saturated rings. The van der Waals surface area contributed by atoms with Crippen molar-refractivity contribution in [3.8, 4) is 5.75 Å². The number of hydrogen-bond donors (Lipinski definition) is 1. The molecule has 1 rings (SSSR count). The first kappa shape index (κ1) is 16.3. The third-order valence-corrected chi connectivity index (χ3v) is 4.16. The van der Waals surface area contributed by atoms with Crippen LogP contribution in [0.25, 0.3) is 0 Å². The van der Waals surface area contributed by atoms with E-state index in [2.05, 4.69) is 36.2 Å². The van der Waals surface area contributed by atoms with Gasteiger partial charge in [-0.05, 0) is 25.2 Å². The van der Waals surface area contributed by atoms with Gasteiger partial charge >= 0.3 is 0 Å². The molecule has 0 unspecified atom stereocenters. The van der Waals surface area contributed by atoms with Crippen molar-refractivity contribution in [3.05, 3.63) is 24.3 Å². The summed E-state index contributed by atoms with van der Waals surface area (Å²) in [5.41, 5.74) is 0. The van der Waals surface area contributed by atoms with Crippen LogP contribution in [0.2, 0.25) is 0 Å². The molecule has 0 atom stereocenters. The molecule has 0 spiro atoms. The molecule has 1 aromatic rings. The number of para-hydroxylation sites is 1. The Labute approximate surface area is 121 Å². The van der Waals surface area contributed by atoms with Crippen molar-refractivity contribution in [3.63, 3.8) is 0 Å². The van der Waals surface area contributed by atoms with E-state index in [0.29, 0.717) is 0 Å². The molecule has 0 bridgehead atoms. The van der Waals surface area contributed by atoms with Gasteiger partial charge in [0.15, 0.2) is 0 Å². The smallest absolute Gasteiger partial charge is 0.132 e. The largest absolute Gasteiger partial charge is 0.496 e. The average Bonchev–Trinajstić information content (AvgIpc) is 2.47. The fourth-order valence-electron chi connectivity index (χ4n) is 1.87. The number of thioether (sulfide) groups is 1. The minimum atomic E-state index is 0.968. The predicted octanol–water partition coefficient (Wildman–Crippen LogP) is 2.72. The highest BCUT2D eigenvalue weighted by molar-refractivity contribution is 7.99. The molecular formula is C15H26N2OS. The Balaban J connectivity index is 2.14. The number of nitrogens with one attached hydrogen (secondary N) is 1. The number of methoxy groups -OCH3 is 1. The van der Waals surface area contributed by atoms with Gasteiger partial charge in [-0.1, -0.05) is 26.0 Å². The van der Waals surface area contributed by atoms with E-state index in [1.54, 1.807) is 7.11 Å². The Morgan fingerprint density at radius 2 is 1.89 bits per heavy atom. The van der Waals surface area contributed by atoms with Gasteiger partial charge in [0.25, 0.3) is 0 Å². The van der Waals surface area contributed by atoms with Gasteiger partial charge in [0.05, 0.1) is 7.11 Å². The molecule has 0 aliphatic carbocycles. The number of nitrogens with zero attached hydrogens (tertiary/aromatic N) is 1. The van der Waals surface area contributed by atoms with Crippen LogP contribution in [0.1, 0.15) is 13.8 Å². The Bertz CT molecular complexity index is 343. The van der Waals surface area contributed by atoms with E-state index >= 15 is 0 Å². The summed E-state index contributed by atoms with van der Waals surface area (Å²) in [5.74, 6) is 2.04. The van der Waals surface area contributed by atoms with Crippen LogP contribution >= 0.6 is 11.8 Å². The lowest BCUT2D eigenvalue weighted by molar-refractivity contribution is 0.303. The van der Waals surface area contributed by atoms with Crippen molar-refractivity contribution in [2.75, 3.05) is 45.6 Å². The molecule has 1 N–H and O–H groups in total. The summed E-state index contributed by atoms with van der Waals surface area (Å²) in [6, 6.07) is 8.18. The molecule has 0 saturated heterocycles. The second-order valence-corrected chi connectivity index (χ2v) is 5.41. The van der Waals surface area contributed by atoms with Crippen LogP contribution in [0.4, 0.5) is 0 Å². The van der Waals surface area contributed by atoms with Gasteiger partial charge in [0.1, 0.15) is 5.75 Å². The summed E-state index contributed by atoms with van der Waals surface area (Å²) in [4.78, 5) is 3.65. The highest BCUT2D eigenvalue weighted by Gasteiger charge is 2.02. The minimum Gasteiger partial charge on any atom is -0.496 e. The normalized spacial score (nSPS) is 10.9. The second-order valence-electron chi connectivity index (χ2n) is 4.28. The summed E-state index contributed by atoms with van der Waals surface area (Å²) >= 11 is 1.84. The summed E-state index contributed by atoms with van der Waals surface area (Å²) in [7, 11) is 1.72. The van der Waals surface area contributed by atoms with Crippen LogP contribution < -0.4 is 10.1 Å². The first-order valence-electron chi connectivity index (χ1n) is 7.00. The molecule has 1 aromatic carbocycles. The molecule has 19 heavy (non-hydrogen) atoms. The van der Waals surface area contributed by atoms with E-state index in [1.807, 2.05) is 23.9 Å². The van der Waals surface area contributed by atoms with Crippen LogP contribution in [0.5, 0.6) is 5.75 Å². The van der Waals surface area contributed by atoms with Gasteiger partial charge in [0.2, 0.25) is 0 Å². The number of hydrogen-bond acceptors (Lipinski definition) is 4. The molecule has 3 nitrogen and oxygen atoms in total. The maximum atomic E-state index is 5.34. The van der Waals surface area contributed by atoms with Gasteiger partial charge < -0.3 is 15.0 Å². The van der Waals surface area contributed by atoms with Crippen molar-refractivity contribution in [1.82, 2.24) is 10.2 Å². The SMILES string of the molecule is CCN(CC)CCNCCSc1ccccc1OC. The first-order valence-corrected chi connectivity index (χ1v) is 7.99. The predicted molar refractivity (Wildman–Crippen MR) is 84.4 cm³/mol. The third kappa shape index (κ3) is 6.32. The van der Waals surface area contributed by atoms with E-state index in [-0.39, 0.29) is 0 Å². The van der Waals surface area contributed by atoms with E-state index in [1.165, 1.54) is 4.90 Å². The van der Waals surface area contributed by atoms with Crippen molar-refractivity contribution < 1.29 is 4.74 Å². The van der Waals surface area contributed by atoms with Crippen LogP contribution in [0.3, 0.4) is 0 Å². The number of ether oxygens (including phenoxy) is 1. The standard InChI is InChI=1S/C15H26N2OS/c1-4-17(5-2)12-10-16-11-13-19-15-9-7-6-8-14(15)18-3/h6-9,16H,4-5,10-13H2,1-3H3. The topological polar surface area (TPSA) is 24.5 Å². The lowest BCUT2D eigenvalue weighted by Crippen LogP contribution is -2.32. The monoisotopic (exact) mass is 282 g/mol. The van der Waals surface area contributed by atoms with E-state index in [4.69, 9.17) is 4.74 Å². The molecule has 0 radical (unpaired) electrons. The van der Waals surface area contributed by atoms with Crippen molar-refractivity contribution in [2.24, 2.45) is 0 Å². The number of benzene rings is 1. The number of rotatable bonds is 10. The van der Waals surface area contributed by atoms with E-state index < -0.39 is 0 Å². The highest BCUT2D eigenvalue weighted by Crippen LogP contribution is 2.27. The van der Waals surface area contributed by atoms with Crippen molar-refractivity contribution in [1.29, 1.82) is 0 Å². The quantitative estimate of drug-likeness (QED) is 0.527. The molecule has 4 heteroatoms. The second kappa shape index (κ2) is 10.1. The first-order chi connectivity index (χ1) is 9.31. The zero-order valence-corrected chi connectivity index (χ0v) is 13.1. The summed E-state index contributed by atoms with van der Waals surface area (Å²) in [6.07, 6.45) is 0. The summed E-state index contributed by atoms with van der Waals surface area (Å²) < 4.78 is 5.34. The van der Waals surface area contributed by atoms with Gasteiger partial charge in [-0.2, -0.15) is 0 Å². The van der Waals surface area contributed by atoms with Gasteiger partial charge in [-0.15, -0.1) is 11.8 Å². The third-order valence-electron chi connectivity index (χ3n) is 3.10. The maximum Gasteiger partial charge on any atom is 0.132 e. The fourth-order valence-corrected chi connectivity index (χ4v) is 2.81. The Morgan fingerprint density at radius 1 is 1.16 bits per heavy atom. The average molecular weight is 282 g/mol. The molecule has 0 aliphatic rings. The molecule has 0 saturated carbocycles. The van der Waals surface area contributed by atoms with E-state index in [0.717, 1.165) is 44.2 Å². The Kier molecular flexibility index (Phi) is 8.71. The molecule has 0 amide bonds. The maximum absolute atomic E-state index is 5.34. The van der Waals surface area contributed by atoms with E-state index in [9.17, 15) is 0 Å². The molecule has 0 heterocycles. The summed E-state index contributed by atoms with van der Waals surface area (Å²) in [5, 5.41) is 3.49. The number of likely N-dealkylation sites (N-methyl/N-ethyl adjacent to an activating group) is 1. The lowest BCUT2D eigenvalue weighted by atomic mass is 10.3. The zero-order chi connectivity index (χ0) is 13.9. The molecule has 108 valence electrons. The summed E-state index contributed by atoms with van der Waals surface area (Å²) in [6.45, 7) is 9.91. The van der Waals surface area contributed by atoms with Gasteiger partial charge in [-0.3, -0.25) is 0 Å². The lowest BCUT2D eigenvalue weighted by Gasteiger charge is -2.17. The van der Waals surface area contributed by atoms with Crippen LogP contribution in [-0.4, -0.2) is 50.5 Å². The Hall–Kier alpha value is -0.710. The fraction of sp³-hybridized carbons (Fsp3) is 0.600. The van der Waals surface area contributed by atoms with Crippen molar-refractivity contribution >= 4 is 11.8 Å². The molecular weight excluding hydrogens is 256 g/mol. The van der Waals surface area contributed by atoms with Crippen LogP contribution in [0.15, 0.2) is 29.2 Å².